The van der Waals surface area contributed by atoms with Gasteiger partial charge in [0.1, 0.15) is 0 Å². The molecule has 1 atom stereocenters. The number of carbonyl (C=O) groups is 2. The molecule has 0 spiro atoms. The number of nitrogens with one attached hydrogen (secondary N) is 1. The second-order valence-electron chi connectivity index (χ2n) is 5.18. The van der Waals surface area contributed by atoms with Crippen LogP contribution in [0.4, 0.5) is 0 Å². The third kappa shape index (κ3) is 5.15. The Morgan fingerprint density at radius 3 is 3.00 bits per heavy atom. The highest BCUT2D eigenvalue weighted by atomic mass is 16.5. The van der Waals surface area contributed by atoms with Crippen LogP contribution in [0.2, 0.25) is 0 Å². The van der Waals surface area contributed by atoms with Crippen molar-refractivity contribution in [1.82, 2.24) is 15.2 Å². The van der Waals surface area contributed by atoms with Crippen LogP contribution in [-0.4, -0.2) is 47.5 Å². The Balaban J connectivity index is 1.81. The average molecular weight is 291 g/mol. The lowest BCUT2D eigenvalue weighted by Crippen LogP contribution is -2.41. The summed E-state index contributed by atoms with van der Waals surface area (Å²) in [5, 5.41) is 2.82. The quantitative estimate of drug-likeness (QED) is 0.838. The molecule has 2 heterocycles. The Morgan fingerprint density at radius 2 is 2.38 bits per heavy atom. The van der Waals surface area contributed by atoms with Crippen LogP contribution >= 0.6 is 0 Å². The number of carbonyl (C=O) groups excluding carboxylic acids is 2. The third-order valence-corrected chi connectivity index (χ3v) is 3.43. The lowest BCUT2D eigenvalue weighted by atomic mass is 10.2. The van der Waals surface area contributed by atoms with Crippen molar-refractivity contribution in [2.75, 3.05) is 19.7 Å². The first-order valence-electron chi connectivity index (χ1n) is 7.18. The monoisotopic (exact) mass is 291 g/mol. The lowest BCUT2D eigenvalue weighted by molar-refractivity contribution is -0.135. The minimum absolute atomic E-state index is 0.0525. The predicted molar refractivity (Wildman–Crippen MR) is 77.3 cm³/mol. The minimum atomic E-state index is -0.162. The van der Waals surface area contributed by atoms with Gasteiger partial charge in [0, 0.05) is 39.0 Å². The van der Waals surface area contributed by atoms with Crippen molar-refractivity contribution >= 4 is 11.8 Å². The molecule has 1 aliphatic rings. The van der Waals surface area contributed by atoms with Gasteiger partial charge in [-0.05, 0) is 24.5 Å². The number of ether oxygens (including phenoxy) is 1. The van der Waals surface area contributed by atoms with Crippen molar-refractivity contribution < 1.29 is 14.3 Å². The molecule has 114 valence electrons. The summed E-state index contributed by atoms with van der Waals surface area (Å²) in [6.07, 6.45) is 5.50. The van der Waals surface area contributed by atoms with Gasteiger partial charge in [0.05, 0.1) is 12.6 Å². The Bertz CT molecular complexity index is 472. The molecule has 0 aliphatic carbocycles. The summed E-state index contributed by atoms with van der Waals surface area (Å²) in [5.74, 6) is -0.296. The SMILES string of the molecule is CC(=O)N(CC(=O)NCC1CCCO1)Cc1cccnc1. The second kappa shape index (κ2) is 7.73. The van der Waals surface area contributed by atoms with E-state index in [1.54, 1.807) is 12.4 Å². The molecule has 6 heteroatoms. The van der Waals surface area contributed by atoms with Gasteiger partial charge in [-0.15, -0.1) is 0 Å². The maximum atomic E-state index is 11.9. The Kier molecular flexibility index (Phi) is 5.68. The van der Waals surface area contributed by atoms with E-state index >= 15 is 0 Å². The van der Waals surface area contributed by atoms with Gasteiger partial charge in [-0.2, -0.15) is 0 Å². The molecule has 0 saturated carbocycles. The first-order valence-corrected chi connectivity index (χ1v) is 7.18. The van der Waals surface area contributed by atoms with Crippen LogP contribution in [0.25, 0.3) is 0 Å². The summed E-state index contributed by atoms with van der Waals surface area (Å²) in [7, 11) is 0. The van der Waals surface area contributed by atoms with E-state index in [1.807, 2.05) is 12.1 Å². The van der Waals surface area contributed by atoms with Crippen molar-refractivity contribution in [1.29, 1.82) is 0 Å². The van der Waals surface area contributed by atoms with E-state index in [2.05, 4.69) is 10.3 Å². The van der Waals surface area contributed by atoms with Gasteiger partial charge in [0.15, 0.2) is 0 Å². The third-order valence-electron chi connectivity index (χ3n) is 3.43. The summed E-state index contributed by atoms with van der Waals surface area (Å²) < 4.78 is 5.45. The van der Waals surface area contributed by atoms with Crippen LogP contribution in [0.3, 0.4) is 0 Å². The first-order chi connectivity index (χ1) is 10.1. The van der Waals surface area contributed by atoms with Crippen molar-refractivity contribution in [2.24, 2.45) is 0 Å². The van der Waals surface area contributed by atoms with Crippen LogP contribution in [0.1, 0.15) is 25.3 Å². The number of nitrogens with zero attached hydrogens (tertiary/aromatic N) is 2. The smallest absolute Gasteiger partial charge is 0.239 e. The average Bonchev–Trinajstić information content (AvgIpc) is 2.99. The molecule has 1 aromatic heterocycles. The van der Waals surface area contributed by atoms with Crippen molar-refractivity contribution in [3.63, 3.8) is 0 Å². The van der Waals surface area contributed by atoms with E-state index in [1.165, 1.54) is 11.8 Å². The zero-order chi connectivity index (χ0) is 15.1. The van der Waals surface area contributed by atoms with Crippen LogP contribution in [-0.2, 0) is 20.9 Å². The molecule has 1 unspecified atom stereocenters. The van der Waals surface area contributed by atoms with Crippen molar-refractivity contribution in [2.45, 2.75) is 32.4 Å². The zero-order valence-electron chi connectivity index (χ0n) is 12.2. The second-order valence-corrected chi connectivity index (χ2v) is 5.18. The van der Waals surface area contributed by atoms with E-state index in [4.69, 9.17) is 4.74 Å². The molecule has 1 N–H and O–H groups in total. The molecule has 2 amide bonds. The summed E-state index contributed by atoms with van der Waals surface area (Å²) in [5.41, 5.74) is 0.902. The van der Waals surface area contributed by atoms with Gasteiger partial charge in [0.2, 0.25) is 11.8 Å². The molecule has 2 rings (SSSR count). The fourth-order valence-corrected chi connectivity index (χ4v) is 2.25. The van der Waals surface area contributed by atoms with Crippen LogP contribution in [0, 0.1) is 0 Å². The first kappa shape index (κ1) is 15.4. The van der Waals surface area contributed by atoms with Crippen LogP contribution in [0.15, 0.2) is 24.5 Å². The molecule has 0 aromatic carbocycles. The van der Waals surface area contributed by atoms with Crippen molar-refractivity contribution in [3.8, 4) is 0 Å². The van der Waals surface area contributed by atoms with Gasteiger partial charge in [-0.25, -0.2) is 0 Å². The fraction of sp³-hybridized carbons (Fsp3) is 0.533. The number of hydrogen-bond donors (Lipinski definition) is 1. The van der Waals surface area contributed by atoms with E-state index < -0.39 is 0 Å². The number of amides is 2. The Labute approximate surface area is 124 Å². The number of hydrogen-bond acceptors (Lipinski definition) is 4. The van der Waals surface area contributed by atoms with Gasteiger partial charge >= 0.3 is 0 Å². The van der Waals surface area contributed by atoms with Gasteiger partial charge in [0.25, 0.3) is 0 Å². The van der Waals surface area contributed by atoms with E-state index in [9.17, 15) is 9.59 Å². The summed E-state index contributed by atoms with van der Waals surface area (Å²) in [6.45, 7) is 3.18. The van der Waals surface area contributed by atoms with Crippen LogP contribution < -0.4 is 5.32 Å². The molecule has 1 saturated heterocycles. The highest BCUT2D eigenvalue weighted by Gasteiger charge is 2.18. The number of aromatic nitrogens is 1. The Morgan fingerprint density at radius 1 is 1.52 bits per heavy atom. The largest absolute Gasteiger partial charge is 0.376 e. The maximum absolute atomic E-state index is 11.9. The predicted octanol–water partition coefficient (Wildman–Crippen LogP) is 0.725. The zero-order valence-corrected chi connectivity index (χ0v) is 12.2. The fourth-order valence-electron chi connectivity index (χ4n) is 2.25. The van der Waals surface area contributed by atoms with E-state index in [0.717, 1.165) is 25.0 Å². The molecule has 1 aromatic rings. The van der Waals surface area contributed by atoms with E-state index in [0.29, 0.717) is 13.1 Å². The Hall–Kier alpha value is -1.95. The standard InChI is InChI=1S/C15H21N3O3/c1-12(19)18(10-13-4-2-6-16-8-13)11-15(20)17-9-14-5-3-7-21-14/h2,4,6,8,14H,3,5,7,9-11H2,1H3,(H,17,20). The van der Waals surface area contributed by atoms with Crippen molar-refractivity contribution in [3.05, 3.63) is 30.1 Å². The molecule has 0 bridgehead atoms. The summed E-state index contributed by atoms with van der Waals surface area (Å²) >= 11 is 0. The highest BCUT2D eigenvalue weighted by molar-refractivity contribution is 5.83. The topological polar surface area (TPSA) is 71.5 Å². The molecule has 21 heavy (non-hydrogen) atoms. The lowest BCUT2D eigenvalue weighted by Gasteiger charge is -2.21. The van der Waals surface area contributed by atoms with Crippen LogP contribution in [0.5, 0.6) is 0 Å². The molecule has 1 fully saturated rings. The van der Waals surface area contributed by atoms with E-state index in [-0.39, 0.29) is 24.5 Å². The summed E-state index contributed by atoms with van der Waals surface area (Å²) in [4.78, 5) is 29.1. The molecule has 1 aliphatic heterocycles. The van der Waals surface area contributed by atoms with Gasteiger partial charge in [-0.1, -0.05) is 6.07 Å². The molecule has 6 nitrogen and oxygen atoms in total. The maximum Gasteiger partial charge on any atom is 0.239 e. The molecular formula is C15H21N3O3. The number of rotatable bonds is 6. The normalized spacial score (nSPS) is 17.5. The van der Waals surface area contributed by atoms with Gasteiger partial charge < -0.3 is 15.0 Å². The highest BCUT2D eigenvalue weighted by Crippen LogP contribution is 2.10. The molecule has 0 radical (unpaired) electrons. The minimum Gasteiger partial charge on any atom is -0.376 e. The summed E-state index contributed by atoms with van der Waals surface area (Å²) in [6, 6.07) is 3.69. The number of pyridine rings is 1. The van der Waals surface area contributed by atoms with Gasteiger partial charge in [-0.3, -0.25) is 14.6 Å². The molecular weight excluding hydrogens is 270 g/mol.